The molecule has 0 fully saturated rings. The van der Waals surface area contributed by atoms with Crippen LogP contribution in [0.2, 0.25) is 0 Å². The third kappa shape index (κ3) is 4.61. The molecule has 1 aromatic carbocycles. The van der Waals surface area contributed by atoms with Crippen molar-refractivity contribution in [2.45, 2.75) is 6.18 Å². The van der Waals surface area contributed by atoms with Crippen molar-refractivity contribution < 1.29 is 27.5 Å². The number of anilines is 1. The SMILES string of the molecule is CN(CC(F)(F)F)c1c(F)cccc1/C=C/C(=O)O. The highest BCUT2D eigenvalue weighted by atomic mass is 19.4. The minimum atomic E-state index is -4.48. The number of hydrogen-bond donors (Lipinski definition) is 1. The van der Waals surface area contributed by atoms with Crippen LogP contribution in [0.25, 0.3) is 6.08 Å². The average Bonchev–Trinajstić information content (AvgIpc) is 2.23. The number of alkyl halides is 3. The van der Waals surface area contributed by atoms with Crippen molar-refractivity contribution in [1.82, 2.24) is 0 Å². The Morgan fingerprint density at radius 2 is 2.05 bits per heavy atom. The van der Waals surface area contributed by atoms with Crippen molar-refractivity contribution in [3.63, 3.8) is 0 Å². The summed E-state index contributed by atoms with van der Waals surface area (Å²) in [4.78, 5) is 11.1. The van der Waals surface area contributed by atoms with Crippen molar-refractivity contribution in [1.29, 1.82) is 0 Å². The van der Waals surface area contributed by atoms with E-state index in [-0.39, 0.29) is 11.3 Å². The van der Waals surface area contributed by atoms with Gasteiger partial charge in [0.15, 0.2) is 0 Å². The third-order valence-electron chi connectivity index (χ3n) is 2.22. The first-order valence-electron chi connectivity index (χ1n) is 5.18. The van der Waals surface area contributed by atoms with E-state index in [1.54, 1.807) is 0 Å². The maximum atomic E-state index is 13.6. The molecule has 1 N–H and O–H groups in total. The highest BCUT2D eigenvalue weighted by molar-refractivity contribution is 5.87. The molecule has 104 valence electrons. The van der Waals surface area contributed by atoms with E-state index in [0.717, 1.165) is 25.3 Å². The Labute approximate surface area is 106 Å². The number of halogens is 4. The second kappa shape index (κ2) is 5.73. The van der Waals surface area contributed by atoms with Gasteiger partial charge in [-0.3, -0.25) is 0 Å². The first-order chi connectivity index (χ1) is 8.70. The maximum Gasteiger partial charge on any atom is 0.405 e. The zero-order valence-electron chi connectivity index (χ0n) is 9.91. The van der Waals surface area contributed by atoms with Crippen LogP contribution in [0.3, 0.4) is 0 Å². The molecule has 0 aliphatic heterocycles. The van der Waals surface area contributed by atoms with Crippen LogP contribution in [0, 0.1) is 5.82 Å². The largest absolute Gasteiger partial charge is 0.478 e. The molecule has 0 amide bonds. The summed E-state index contributed by atoms with van der Waals surface area (Å²) < 4.78 is 50.5. The van der Waals surface area contributed by atoms with Gasteiger partial charge in [0.1, 0.15) is 12.4 Å². The lowest BCUT2D eigenvalue weighted by Crippen LogP contribution is -2.31. The van der Waals surface area contributed by atoms with E-state index >= 15 is 0 Å². The summed E-state index contributed by atoms with van der Waals surface area (Å²) in [6.07, 6.45) is -2.70. The quantitative estimate of drug-likeness (QED) is 0.679. The zero-order valence-corrected chi connectivity index (χ0v) is 9.91. The molecule has 0 aliphatic rings. The van der Waals surface area contributed by atoms with E-state index in [1.165, 1.54) is 12.1 Å². The molecule has 0 radical (unpaired) electrons. The summed E-state index contributed by atoms with van der Waals surface area (Å²) in [5.74, 6) is -2.12. The van der Waals surface area contributed by atoms with Gasteiger partial charge in [0.25, 0.3) is 0 Å². The van der Waals surface area contributed by atoms with Crippen LogP contribution in [-0.4, -0.2) is 30.8 Å². The number of rotatable bonds is 4. The van der Waals surface area contributed by atoms with Crippen molar-refractivity contribution in [3.05, 3.63) is 35.7 Å². The van der Waals surface area contributed by atoms with E-state index in [1.807, 2.05) is 0 Å². The maximum absolute atomic E-state index is 13.6. The Kier molecular flexibility index (Phi) is 4.52. The number of carboxylic acids is 1. The molecule has 0 saturated heterocycles. The van der Waals surface area contributed by atoms with Crippen LogP contribution < -0.4 is 4.90 Å². The van der Waals surface area contributed by atoms with Gasteiger partial charge in [-0.1, -0.05) is 12.1 Å². The fraction of sp³-hybridized carbons (Fsp3) is 0.250. The minimum absolute atomic E-state index is 0.0640. The molecule has 0 unspecified atom stereocenters. The number of para-hydroxylation sites is 1. The summed E-state index contributed by atoms with van der Waals surface area (Å²) in [5, 5.41) is 8.49. The molecule has 19 heavy (non-hydrogen) atoms. The van der Waals surface area contributed by atoms with E-state index in [0.29, 0.717) is 4.90 Å². The van der Waals surface area contributed by atoms with E-state index in [2.05, 4.69) is 0 Å². The Hall–Kier alpha value is -2.05. The number of hydrogen-bond acceptors (Lipinski definition) is 2. The Morgan fingerprint density at radius 3 is 2.58 bits per heavy atom. The van der Waals surface area contributed by atoms with Gasteiger partial charge < -0.3 is 10.0 Å². The fourth-order valence-corrected chi connectivity index (χ4v) is 1.58. The van der Waals surface area contributed by atoms with E-state index in [4.69, 9.17) is 5.11 Å². The molecular weight excluding hydrogens is 266 g/mol. The number of carboxylic acid groups (broad SMARTS) is 1. The highest BCUT2D eigenvalue weighted by Crippen LogP contribution is 2.27. The lowest BCUT2D eigenvalue weighted by Gasteiger charge is -2.23. The molecular formula is C12H11F4NO2. The van der Waals surface area contributed by atoms with E-state index < -0.39 is 24.5 Å². The second-order valence-electron chi connectivity index (χ2n) is 3.82. The molecule has 0 atom stereocenters. The smallest absolute Gasteiger partial charge is 0.405 e. The summed E-state index contributed by atoms with van der Waals surface area (Å²) in [6.45, 7) is -1.33. The monoisotopic (exact) mass is 277 g/mol. The van der Waals surface area contributed by atoms with Crippen molar-refractivity contribution in [3.8, 4) is 0 Å². The van der Waals surface area contributed by atoms with Gasteiger partial charge in [-0.05, 0) is 12.1 Å². The molecule has 1 aromatic rings. The Balaban J connectivity index is 3.14. The molecule has 3 nitrogen and oxygen atoms in total. The molecule has 0 heterocycles. The number of nitrogens with zero attached hydrogens (tertiary/aromatic N) is 1. The van der Waals surface area contributed by atoms with Gasteiger partial charge in [-0.2, -0.15) is 13.2 Å². The van der Waals surface area contributed by atoms with Crippen LogP contribution in [0.15, 0.2) is 24.3 Å². The third-order valence-corrected chi connectivity index (χ3v) is 2.22. The molecule has 0 aliphatic carbocycles. The van der Waals surface area contributed by atoms with Crippen molar-refractivity contribution in [2.75, 3.05) is 18.5 Å². The molecule has 0 bridgehead atoms. The second-order valence-corrected chi connectivity index (χ2v) is 3.82. The number of benzene rings is 1. The number of carbonyl (C=O) groups is 1. The number of aliphatic carboxylic acids is 1. The average molecular weight is 277 g/mol. The van der Waals surface area contributed by atoms with Gasteiger partial charge in [0.05, 0.1) is 5.69 Å². The predicted octanol–water partition coefficient (Wildman–Crippen LogP) is 2.92. The molecule has 0 spiro atoms. The predicted molar refractivity (Wildman–Crippen MR) is 62.4 cm³/mol. The first kappa shape index (κ1) is 15.0. The van der Waals surface area contributed by atoms with Crippen LogP contribution in [0.1, 0.15) is 5.56 Å². The van der Waals surface area contributed by atoms with Gasteiger partial charge in [0, 0.05) is 18.7 Å². The summed E-state index contributed by atoms with van der Waals surface area (Å²) >= 11 is 0. The first-order valence-corrected chi connectivity index (χ1v) is 5.18. The van der Waals surface area contributed by atoms with Crippen molar-refractivity contribution >= 4 is 17.7 Å². The standard InChI is InChI=1S/C12H11F4NO2/c1-17(7-12(14,15)16)11-8(5-6-10(18)19)3-2-4-9(11)13/h2-6H,7H2,1H3,(H,18,19)/b6-5+. The lowest BCUT2D eigenvalue weighted by atomic mass is 10.1. The molecule has 0 aromatic heterocycles. The van der Waals surface area contributed by atoms with Crippen LogP contribution >= 0.6 is 0 Å². The van der Waals surface area contributed by atoms with Gasteiger partial charge in [-0.15, -0.1) is 0 Å². The lowest BCUT2D eigenvalue weighted by molar-refractivity contribution is -0.131. The summed E-state index contributed by atoms with van der Waals surface area (Å²) in [7, 11) is 1.09. The molecule has 0 saturated carbocycles. The zero-order chi connectivity index (χ0) is 14.6. The van der Waals surface area contributed by atoms with Gasteiger partial charge in [-0.25, -0.2) is 9.18 Å². The topological polar surface area (TPSA) is 40.5 Å². The van der Waals surface area contributed by atoms with Crippen LogP contribution in [0.4, 0.5) is 23.2 Å². The Morgan fingerprint density at radius 1 is 1.42 bits per heavy atom. The summed E-state index contributed by atoms with van der Waals surface area (Å²) in [5.41, 5.74) is -0.230. The minimum Gasteiger partial charge on any atom is -0.478 e. The molecule has 1 rings (SSSR count). The van der Waals surface area contributed by atoms with Gasteiger partial charge >= 0.3 is 12.1 Å². The van der Waals surface area contributed by atoms with Crippen LogP contribution in [0.5, 0.6) is 0 Å². The van der Waals surface area contributed by atoms with Crippen molar-refractivity contribution in [2.24, 2.45) is 0 Å². The molecule has 7 heteroatoms. The fourth-order valence-electron chi connectivity index (χ4n) is 1.58. The Bertz CT molecular complexity index is 497. The normalized spacial score (nSPS) is 11.8. The van der Waals surface area contributed by atoms with Crippen LogP contribution in [-0.2, 0) is 4.79 Å². The highest BCUT2D eigenvalue weighted by Gasteiger charge is 2.30. The summed E-state index contributed by atoms with van der Waals surface area (Å²) in [6, 6.07) is 3.65. The van der Waals surface area contributed by atoms with Gasteiger partial charge in [0.2, 0.25) is 0 Å². The van der Waals surface area contributed by atoms with E-state index in [9.17, 15) is 22.4 Å².